The molecule has 0 spiro atoms. The minimum Gasteiger partial charge on any atom is -0.384 e. The first kappa shape index (κ1) is 12.4. The van der Waals surface area contributed by atoms with Gasteiger partial charge in [-0.15, -0.1) is 0 Å². The number of carbonyl (C=O) groups excluding carboxylic acids is 2. The van der Waals surface area contributed by atoms with E-state index in [1.807, 2.05) is 9.80 Å². The summed E-state index contributed by atoms with van der Waals surface area (Å²) in [4.78, 5) is 27.3. The molecule has 0 aromatic carbocycles. The van der Waals surface area contributed by atoms with E-state index in [1.54, 1.807) is 7.11 Å². The first-order chi connectivity index (χ1) is 8.22. The van der Waals surface area contributed by atoms with Crippen LogP contribution >= 0.6 is 0 Å². The van der Waals surface area contributed by atoms with Gasteiger partial charge in [-0.2, -0.15) is 0 Å². The number of ether oxygens (including phenoxy) is 1. The molecule has 2 amide bonds. The molecule has 2 rings (SSSR count). The maximum Gasteiger partial charge on any atom is 0.225 e. The normalized spacial score (nSPS) is 20.5. The van der Waals surface area contributed by atoms with Crippen molar-refractivity contribution in [1.82, 2.24) is 9.80 Å². The van der Waals surface area contributed by atoms with Crippen LogP contribution in [0.4, 0.5) is 0 Å². The fourth-order valence-electron chi connectivity index (χ4n) is 2.11. The maximum atomic E-state index is 11.8. The van der Waals surface area contributed by atoms with Crippen LogP contribution in [0.2, 0.25) is 0 Å². The average Bonchev–Trinajstić information content (AvgIpc) is 3.19. The summed E-state index contributed by atoms with van der Waals surface area (Å²) in [6.45, 7) is 3.18. The molecule has 2 fully saturated rings. The lowest BCUT2D eigenvalue weighted by Crippen LogP contribution is -2.51. The van der Waals surface area contributed by atoms with Crippen LogP contribution in [0.5, 0.6) is 0 Å². The van der Waals surface area contributed by atoms with Gasteiger partial charge in [-0.3, -0.25) is 9.59 Å². The third kappa shape index (κ3) is 3.19. The SMILES string of the molecule is COCCC(=O)N1CCN(C(=O)C2CC2)CC1. The Bertz CT molecular complexity index is 294. The zero-order chi connectivity index (χ0) is 12.3. The van der Waals surface area contributed by atoms with Crippen LogP contribution in [0.15, 0.2) is 0 Å². The van der Waals surface area contributed by atoms with E-state index < -0.39 is 0 Å². The van der Waals surface area contributed by atoms with Gasteiger partial charge in [0.1, 0.15) is 0 Å². The van der Waals surface area contributed by atoms with Crippen molar-refractivity contribution in [3.05, 3.63) is 0 Å². The Balaban J connectivity index is 1.73. The molecule has 1 saturated carbocycles. The van der Waals surface area contributed by atoms with Crippen LogP contribution < -0.4 is 0 Å². The second-order valence-corrected chi connectivity index (χ2v) is 4.72. The quantitative estimate of drug-likeness (QED) is 0.700. The number of amides is 2. The minimum atomic E-state index is 0.130. The number of piperazine rings is 1. The first-order valence-electron chi connectivity index (χ1n) is 6.28. The van der Waals surface area contributed by atoms with Crippen molar-refractivity contribution >= 4 is 11.8 Å². The van der Waals surface area contributed by atoms with E-state index in [2.05, 4.69) is 0 Å². The highest BCUT2D eigenvalue weighted by atomic mass is 16.5. The molecule has 0 aromatic rings. The van der Waals surface area contributed by atoms with Gasteiger partial charge in [0.05, 0.1) is 13.0 Å². The Labute approximate surface area is 102 Å². The van der Waals surface area contributed by atoms with E-state index in [0.717, 1.165) is 12.8 Å². The summed E-state index contributed by atoms with van der Waals surface area (Å²) in [5.41, 5.74) is 0. The molecule has 0 bridgehead atoms. The summed E-state index contributed by atoms with van der Waals surface area (Å²) in [5.74, 6) is 0.699. The van der Waals surface area contributed by atoms with Gasteiger partial charge < -0.3 is 14.5 Å². The highest BCUT2D eigenvalue weighted by molar-refractivity contribution is 5.81. The largest absolute Gasteiger partial charge is 0.384 e. The van der Waals surface area contributed by atoms with Crippen molar-refractivity contribution < 1.29 is 14.3 Å². The molecule has 0 radical (unpaired) electrons. The predicted octanol–water partition coefficient (Wildman–Crippen LogP) is 0.104. The van der Waals surface area contributed by atoms with Gasteiger partial charge in [0, 0.05) is 39.2 Å². The van der Waals surface area contributed by atoms with Crippen LogP contribution in [-0.2, 0) is 14.3 Å². The lowest BCUT2D eigenvalue weighted by molar-refractivity contribution is -0.140. The minimum absolute atomic E-state index is 0.130. The smallest absolute Gasteiger partial charge is 0.225 e. The average molecular weight is 240 g/mol. The second-order valence-electron chi connectivity index (χ2n) is 4.72. The van der Waals surface area contributed by atoms with E-state index in [1.165, 1.54) is 0 Å². The summed E-state index contributed by atoms with van der Waals surface area (Å²) in [5, 5.41) is 0. The molecule has 1 saturated heterocycles. The van der Waals surface area contributed by atoms with Crippen LogP contribution in [0.1, 0.15) is 19.3 Å². The lowest BCUT2D eigenvalue weighted by Gasteiger charge is -2.35. The van der Waals surface area contributed by atoms with Gasteiger partial charge in [-0.05, 0) is 12.8 Å². The molecule has 5 heteroatoms. The second kappa shape index (κ2) is 5.49. The van der Waals surface area contributed by atoms with Crippen molar-refractivity contribution in [2.75, 3.05) is 39.9 Å². The third-order valence-electron chi connectivity index (χ3n) is 3.39. The van der Waals surface area contributed by atoms with E-state index in [4.69, 9.17) is 4.74 Å². The molecule has 17 heavy (non-hydrogen) atoms. The Morgan fingerprint density at radius 1 is 1.12 bits per heavy atom. The molecule has 1 aliphatic heterocycles. The van der Waals surface area contributed by atoms with Crippen molar-refractivity contribution in [1.29, 1.82) is 0 Å². The Morgan fingerprint density at radius 3 is 2.24 bits per heavy atom. The van der Waals surface area contributed by atoms with Crippen LogP contribution in [0.25, 0.3) is 0 Å². The maximum absolute atomic E-state index is 11.8. The zero-order valence-electron chi connectivity index (χ0n) is 10.4. The van der Waals surface area contributed by atoms with Gasteiger partial charge in [0.15, 0.2) is 0 Å². The highest BCUT2D eigenvalue weighted by Crippen LogP contribution is 2.31. The van der Waals surface area contributed by atoms with Crippen LogP contribution in [0, 0.1) is 5.92 Å². The Hall–Kier alpha value is -1.10. The molecule has 2 aliphatic rings. The van der Waals surface area contributed by atoms with E-state index in [0.29, 0.717) is 39.2 Å². The lowest BCUT2D eigenvalue weighted by atomic mass is 10.2. The standard InChI is InChI=1S/C12H20N2O3/c1-17-9-4-11(15)13-5-7-14(8-6-13)12(16)10-2-3-10/h10H,2-9H2,1H3. The van der Waals surface area contributed by atoms with E-state index in [-0.39, 0.29) is 17.7 Å². The molecule has 5 nitrogen and oxygen atoms in total. The summed E-state index contributed by atoms with van der Waals surface area (Å²) >= 11 is 0. The molecule has 1 heterocycles. The number of carbonyl (C=O) groups is 2. The van der Waals surface area contributed by atoms with Crippen molar-refractivity contribution in [3.63, 3.8) is 0 Å². The number of rotatable bonds is 4. The first-order valence-corrected chi connectivity index (χ1v) is 6.28. The summed E-state index contributed by atoms with van der Waals surface area (Å²) in [6.07, 6.45) is 2.53. The number of nitrogens with zero attached hydrogens (tertiary/aromatic N) is 2. The van der Waals surface area contributed by atoms with Crippen molar-refractivity contribution in [2.45, 2.75) is 19.3 Å². The molecule has 0 aromatic heterocycles. The van der Waals surface area contributed by atoms with E-state index in [9.17, 15) is 9.59 Å². The summed E-state index contributed by atoms with van der Waals surface area (Å²) < 4.78 is 4.89. The fraction of sp³-hybridized carbons (Fsp3) is 0.833. The number of hydrogen-bond donors (Lipinski definition) is 0. The molecule has 96 valence electrons. The van der Waals surface area contributed by atoms with Crippen LogP contribution in [-0.4, -0.2) is 61.5 Å². The van der Waals surface area contributed by atoms with Gasteiger partial charge in [0.2, 0.25) is 11.8 Å². The van der Waals surface area contributed by atoms with Crippen molar-refractivity contribution in [2.24, 2.45) is 5.92 Å². The molecule has 0 atom stereocenters. The zero-order valence-corrected chi connectivity index (χ0v) is 10.4. The van der Waals surface area contributed by atoms with E-state index >= 15 is 0 Å². The molecule has 0 unspecified atom stereocenters. The van der Waals surface area contributed by atoms with Gasteiger partial charge in [0.25, 0.3) is 0 Å². The molecule has 1 aliphatic carbocycles. The molecular formula is C12H20N2O3. The fourth-order valence-corrected chi connectivity index (χ4v) is 2.11. The topological polar surface area (TPSA) is 49.9 Å². The number of methoxy groups -OCH3 is 1. The molecule has 0 N–H and O–H groups in total. The summed E-state index contributed by atoms with van der Waals surface area (Å²) in [6, 6.07) is 0. The monoisotopic (exact) mass is 240 g/mol. The highest BCUT2D eigenvalue weighted by Gasteiger charge is 2.34. The Kier molecular flexibility index (Phi) is 3.99. The van der Waals surface area contributed by atoms with Gasteiger partial charge >= 0.3 is 0 Å². The third-order valence-corrected chi connectivity index (χ3v) is 3.39. The van der Waals surface area contributed by atoms with Gasteiger partial charge in [-0.1, -0.05) is 0 Å². The summed E-state index contributed by atoms with van der Waals surface area (Å²) in [7, 11) is 1.60. The van der Waals surface area contributed by atoms with Crippen LogP contribution in [0.3, 0.4) is 0 Å². The Morgan fingerprint density at radius 2 is 1.71 bits per heavy atom. The van der Waals surface area contributed by atoms with Crippen molar-refractivity contribution in [3.8, 4) is 0 Å². The number of hydrogen-bond acceptors (Lipinski definition) is 3. The van der Waals surface area contributed by atoms with Gasteiger partial charge in [-0.25, -0.2) is 0 Å². The molecular weight excluding hydrogens is 220 g/mol. The predicted molar refractivity (Wildman–Crippen MR) is 62.4 cm³/mol.